The second-order valence-electron chi connectivity index (χ2n) is 4.52. The average molecular weight is 311 g/mol. The van der Waals surface area contributed by atoms with Crippen molar-refractivity contribution in [1.29, 1.82) is 0 Å². The number of hydrogen-bond donors (Lipinski definition) is 3. The van der Waals surface area contributed by atoms with Gasteiger partial charge < -0.3 is 25.4 Å². The van der Waals surface area contributed by atoms with Crippen molar-refractivity contribution in [1.82, 2.24) is 0 Å². The van der Waals surface area contributed by atoms with Gasteiger partial charge in [0.15, 0.2) is 17.3 Å². The van der Waals surface area contributed by atoms with Gasteiger partial charge in [-0.2, -0.15) is 0 Å². The molecule has 0 saturated heterocycles. The molecule has 0 spiro atoms. The first-order valence-corrected chi connectivity index (χ1v) is 7.05. The zero-order valence-electron chi connectivity index (χ0n) is 12.7. The average Bonchev–Trinajstić information content (AvgIpc) is 2.48. The molecule has 0 aromatic heterocycles. The Labute approximate surface area is 128 Å². The summed E-state index contributed by atoms with van der Waals surface area (Å²) in [5.41, 5.74) is 5.46. The molecule has 0 amide bonds. The predicted octanol–water partition coefficient (Wildman–Crippen LogP) is 1.42. The topological polar surface area (TPSA) is 119 Å². The van der Waals surface area contributed by atoms with E-state index in [4.69, 9.17) is 20.3 Å². The van der Waals surface area contributed by atoms with Crippen LogP contribution in [0.4, 0.5) is 0 Å². The van der Waals surface area contributed by atoms with Gasteiger partial charge in [-0.1, -0.05) is 0 Å². The van der Waals surface area contributed by atoms with Crippen LogP contribution in [0.3, 0.4) is 0 Å². The van der Waals surface area contributed by atoms with Crippen molar-refractivity contribution in [3.63, 3.8) is 0 Å². The first-order valence-electron chi connectivity index (χ1n) is 7.05. The minimum absolute atomic E-state index is 0.0307. The number of aromatic hydroxyl groups is 1. The molecule has 0 aliphatic rings. The molecule has 1 aromatic carbocycles. The van der Waals surface area contributed by atoms with Gasteiger partial charge in [-0.05, 0) is 38.9 Å². The molecule has 122 valence electrons. The van der Waals surface area contributed by atoms with Crippen molar-refractivity contribution in [3.8, 4) is 17.2 Å². The first kappa shape index (κ1) is 17.8. The van der Waals surface area contributed by atoms with Gasteiger partial charge in [-0.15, -0.1) is 0 Å². The van der Waals surface area contributed by atoms with Crippen LogP contribution in [0.2, 0.25) is 0 Å². The van der Waals surface area contributed by atoms with Gasteiger partial charge in [-0.3, -0.25) is 9.59 Å². The second kappa shape index (κ2) is 8.23. The number of carboxylic acids is 1. The van der Waals surface area contributed by atoms with Crippen LogP contribution >= 0.6 is 0 Å². The van der Waals surface area contributed by atoms with Crippen molar-refractivity contribution >= 4 is 11.8 Å². The molecular formula is C15H21NO6. The van der Waals surface area contributed by atoms with Crippen LogP contribution in [0, 0.1) is 5.92 Å². The Kier molecular flexibility index (Phi) is 6.65. The number of benzene rings is 1. The van der Waals surface area contributed by atoms with E-state index >= 15 is 0 Å². The summed E-state index contributed by atoms with van der Waals surface area (Å²) in [7, 11) is 0. The van der Waals surface area contributed by atoms with Gasteiger partial charge in [0.05, 0.1) is 13.2 Å². The third-order valence-corrected chi connectivity index (χ3v) is 2.99. The lowest BCUT2D eigenvalue weighted by molar-refractivity contribution is -0.140. The number of nitrogens with two attached hydrogens (primary N) is 1. The molecule has 0 aliphatic carbocycles. The summed E-state index contributed by atoms with van der Waals surface area (Å²) in [5.74, 6) is -3.13. The van der Waals surface area contributed by atoms with E-state index in [9.17, 15) is 14.7 Å². The molecule has 0 aliphatic heterocycles. The Bertz CT molecular complexity index is 516. The number of ether oxygens (including phenoxy) is 2. The lowest BCUT2D eigenvalue weighted by atomic mass is 9.94. The molecule has 0 fully saturated rings. The second-order valence-corrected chi connectivity index (χ2v) is 4.52. The molecule has 0 radical (unpaired) electrons. The number of phenolic OH excluding ortho intramolecular Hbond substituents is 1. The van der Waals surface area contributed by atoms with E-state index in [1.165, 1.54) is 12.1 Å². The standard InChI is InChI=1S/C15H21NO6/c1-3-21-11-7-9(8-12(14(11)18)22-4-2)13(17)10(5-6-16)15(19)20/h7-8,10,18H,3-6,16H2,1-2H3,(H,19,20). The van der Waals surface area contributed by atoms with Crippen molar-refractivity contribution in [2.45, 2.75) is 20.3 Å². The fraction of sp³-hybridized carbons (Fsp3) is 0.467. The van der Waals surface area contributed by atoms with Gasteiger partial charge in [0.1, 0.15) is 5.92 Å². The van der Waals surface area contributed by atoms with E-state index in [1.807, 2.05) is 0 Å². The number of ketones is 1. The molecule has 1 rings (SSSR count). The van der Waals surface area contributed by atoms with Crippen LogP contribution in [-0.2, 0) is 4.79 Å². The Morgan fingerprint density at radius 1 is 1.18 bits per heavy atom. The van der Waals surface area contributed by atoms with Crippen LogP contribution in [0.1, 0.15) is 30.6 Å². The molecule has 22 heavy (non-hydrogen) atoms. The summed E-state index contributed by atoms with van der Waals surface area (Å²) in [6.07, 6.45) is 0.0307. The molecule has 7 nitrogen and oxygen atoms in total. The van der Waals surface area contributed by atoms with Crippen molar-refractivity contribution in [2.24, 2.45) is 11.7 Å². The number of aliphatic carboxylic acids is 1. The maximum atomic E-state index is 12.4. The zero-order chi connectivity index (χ0) is 16.7. The Morgan fingerprint density at radius 2 is 1.68 bits per heavy atom. The summed E-state index contributed by atoms with van der Waals surface area (Å²) in [4.78, 5) is 23.6. The molecule has 0 saturated carbocycles. The normalized spacial score (nSPS) is 11.8. The van der Waals surface area contributed by atoms with E-state index in [-0.39, 0.29) is 49.0 Å². The van der Waals surface area contributed by atoms with Crippen LogP contribution < -0.4 is 15.2 Å². The zero-order valence-corrected chi connectivity index (χ0v) is 12.7. The fourth-order valence-corrected chi connectivity index (χ4v) is 1.99. The highest BCUT2D eigenvalue weighted by molar-refractivity contribution is 6.08. The number of phenols is 1. The Morgan fingerprint density at radius 3 is 2.05 bits per heavy atom. The van der Waals surface area contributed by atoms with E-state index in [1.54, 1.807) is 13.8 Å². The number of carbonyl (C=O) groups is 2. The predicted molar refractivity (Wildman–Crippen MR) is 79.6 cm³/mol. The number of hydrogen-bond acceptors (Lipinski definition) is 6. The Balaban J connectivity index is 3.26. The highest BCUT2D eigenvalue weighted by atomic mass is 16.5. The van der Waals surface area contributed by atoms with Gasteiger partial charge in [0.25, 0.3) is 0 Å². The highest BCUT2D eigenvalue weighted by Gasteiger charge is 2.28. The lowest BCUT2D eigenvalue weighted by Crippen LogP contribution is -2.26. The third-order valence-electron chi connectivity index (χ3n) is 2.99. The quantitative estimate of drug-likeness (QED) is 0.466. The van der Waals surface area contributed by atoms with Crippen LogP contribution in [-0.4, -0.2) is 41.7 Å². The van der Waals surface area contributed by atoms with Crippen molar-refractivity contribution in [2.75, 3.05) is 19.8 Å². The summed E-state index contributed by atoms with van der Waals surface area (Å²) in [6.45, 7) is 4.09. The number of carboxylic acid groups (broad SMARTS) is 1. The Hall–Kier alpha value is -2.28. The van der Waals surface area contributed by atoms with Crippen LogP contribution in [0.25, 0.3) is 0 Å². The number of rotatable bonds is 9. The van der Waals surface area contributed by atoms with Gasteiger partial charge in [-0.25, -0.2) is 0 Å². The summed E-state index contributed by atoms with van der Waals surface area (Å²) >= 11 is 0. The molecule has 7 heteroatoms. The smallest absolute Gasteiger partial charge is 0.314 e. The van der Waals surface area contributed by atoms with Gasteiger partial charge in [0.2, 0.25) is 5.75 Å². The van der Waals surface area contributed by atoms with Crippen LogP contribution in [0.15, 0.2) is 12.1 Å². The van der Waals surface area contributed by atoms with Crippen LogP contribution in [0.5, 0.6) is 17.2 Å². The van der Waals surface area contributed by atoms with Gasteiger partial charge in [0, 0.05) is 5.56 Å². The summed E-state index contributed by atoms with van der Waals surface area (Å²) in [6, 6.07) is 2.63. The summed E-state index contributed by atoms with van der Waals surface area (Å²) < 4.78 is 10.5. The van der Waals surface area contributed by atoms with Crippen molar-refractivity contribution < 1.29 is 29.3 Å². The highest BCUT2D eigenvalue weighted by Crippen LogP contribution is 2.38. The maximum absolute atomic E-state index is 12.4. The largest absolute Gasteiger partial charge is 0.502 e. The first-order chi connectivity index (χ1) is 10.5. The van der Waals surface area contributed by atoms with E-state index in [2.05, 4.69) is 0 Å². The lowest BCUT2D eigenvalue weighted by Gasteiger charge is -2.15. The molecular weight excluding hydrogens is 290 g/mol. The SMILES string of the molecule is CCOc1cc(C(=O)C(CCN)C(=O)O)cc(OCC)c1O. The minimum Gasteiger partial charge on any atom is -0.502 e. The van der Waals surface area contributed by atoms with E-state index in [0.717, 1.165) is 0 Å². The molecule has 1 unspecified atom stereocenters. The van der Waals surface area contributed by atoms with E-state index in [0.29, 0.717) is 0 Å². The fourth-order valence-electron chi connectivity index (χ4n) is 1.99. The molecule has 4 N–H and O–H groups in total. The molecule has 1 aromatic rings. The monoisotopic (exact) mass is 311 g/mol. The molecule has 1 atom stereocenters. The molecule has 0 heterocycles. The molecule has 0 bridgehead atoms. The maximum Gasteiger partial charge on any atom is 0.314 e. The number of Topliss-reactive ketones (excluding diaryl/α,β-unsaturated/α-hetero) is 1. The minimum atomic E-state index is -1.24. The van der Waals surface area contributed by atoms with Crippen molar-refractivity contribution in [3.05, 3.63) is 17.7 Å². The van der Waals surface area contributed by atoms with E-state index < -0.39 is 17.7 Å². The number of carbonyl (C=O) groups excluding carboxylic acids is 1. The van der Waals surface area contributed by atoms with Gasteiger partial charge >= 0.3 is 5.97 Å². The summed E-state index contributed by atoms with van der Waals surface area (Å²) in [5, 5.41) is 19.2. The third kappa shape index (κ3) is 4.11.